The van der Waals surface area contributed by atoms with E-state index < -0.39 is 30.1 Å². The van der Waals surface area contributed by atoms with Crippen molar-refractivity contribution in [3.8, 4) is 0 Å². The molecule has 144 valence electrons. The van der Waals surface area contributed by atoms with Gasteiger partial charge >= 0.3 is 18.1 Å². The molecular weight excluding hydrogens is 376 g/mol. The van der Waals surface area contributed by atoms with Gasteiger partial charge in [0.1, 0.15) is 25.7 Å². The first-order valence-electron chi connectivity index (χ1n) is 7.98. The van der Waals surface area contributed by atoms with Gasteiger partial charge in [-0.15, -0.1) is 0 Å². The van der Waals surface area contributed by atoms with Crippen molar-refractivity contribution in [1.82, 2.24) is 5.32 Å². The van der Waals surface area contributed by atoms with Gasteiger partial charge in [0.2, 0.25) is 0 Å². The van der Waals surface area contributed by atoms with Gasteiger partial charge < -0.3 is 24.6 Å². The molecule has 1 aromatic rings. The van der Waals surface area contributed by atoms with E-state index >= 15 is 0 Å². The fourth-order valence-corrected chi connectivity index (χ4v) is 2.70. The van der Waals surface area contributed by atoms with Crippen molar-refractivity contribution in [3.05, 3.63) is 35.9 Å². The summed E-state index contributed by atoms with van der Waals surface area (Å²) in [5.41, 5.74) is 0.706. The number of aliphatic imine (C=N–C) groups is 1. The Hall–Kier alpha value is -3.01. The number of carbonyl (C=O) groups is 3. The van der Waals surface area contributed by atoms with Gasteiger partial charge in [-0.25, -0.2) is 14.6 Å². The second-order valence-corrected chi connectivity index (χ2v) is 5.92. The Bertz CT molecular complexity index is 751. The van der Waals surface area contributed by atoms with E-state index in [1.54, 1.807) is 37.3 Å². The molecular formula is C17H18N2O7S. The molecule has 1 aliphatic rings. The molecule has 0 radical (unpaired) electrons. The number of thiocarbonyl (C=S) groups is 1. The molecule has 0 fully saturated rings. The van der Waals surface area contributed by atoms with Crippen molar-refractivity contribution >= 4 is 41.1 Å². The lowest BCUT2D eigenvalue weighted by Crippen LogP contribution is -2.52. The highest BCUT2D eigenvalue weighted by Gasteiger charge is 2.35. The fourth-order valence-electron chi connectivity index (χ4n) is 2.40. The molecule has 0 saturated heterocycles. The van der Waals surface area contributed by atoms with Crippen molar-refractivity contribution < 1.29 is 33.7 Å². The van der Waals surface area contributed by atoms with Gasteiger partial charge in [-0.2, -0.15) is 0 Å². The molecule has 0 spiro atoms. The topological polar surface area (TPSA) is 124 Å². The standard InChI is InChI=1S/C17H18N2O7S/c1-10-13(14(20)21)12(19-16(27)18-10)9-26-17(23)25-8-7-24-15(22)11-5-3-2-4-6-11/h2-6,12-13H,7-9H2,1H3,(H,19,27)(H,20,21). The molecule has 2 unspecified atom stereocenters. The van der Waals surface area contributed by atoms with Crippen LogP contribution in [0.5, 0.6) is 0 Å². The maximum atomic E-state index is 11.7. The second-order valence-electron chi connectivity index (χ2n) is 5.54. The normalized spacial score (nSPS) is 18.7. The largest absolute Gasteiger partial charge is 0.508 e. The number of nitrogens with zero attached hydrogens (tertiary/aromatic N) is 1. The first-order valence-corrected chi connectivity index (χ1v) is 8.39. The Balaban J connectivity index is 1.71. The number of carboxylic acid groups (broad SMARTS) is 1. The van der Waals surface area contributed by atoms with Crippen molar-refractivity contribution in [2.24, 2.45) is 10.9 Å². The molecule has 0 aromatic heterocycles. The minimum atomic E-state index is -1.11. The maximum absolute atomic E-state index is 11.7. The highest BCUT2D eigenvalue weighted by molar-refractivity contribution is 7.80. The third kappa shape index (κ3) is 6.03. The number of ether oxygens (including phenoxy) is 3. The Morgan fingerprint density at radius 3 is 2.48 bits per heavy atom. The summed E-state index contributed by atoms with van der Waals surface area (Å²) in [4.78, 5) is 38.6. The molecule has 2 rings (SSSR count). The number of rotatable bonds is 7. The zero-order chi connectivity index (χ0) is 19.8. The summed E-state index contributed by atoms with van der Waals surface area (Å²) >= 11 is 4.92. The van der Waals surface area contributed by atoms with Crippen molar-refractivity contribution in [2.45, 2.75) is 13.0 Å². The Kier molecular flexibility index (Phi) is 7.24. The first kappa shape index (κ1) is 20.3. The Morgan fingerprint density at radius 2 is 1.81 bits per heavy atom. The Labute approximate surface area is 160 Å². The number of benzene rings is 1. The van der Waals surface area contributed by atoms with E-state index in [1.807, 2.05) is 0 Å². The van der Waals surface area contributed by atoms with Gasteiger partial charge in [0.25, 0.3) is 0 Å². The van der Waals surface area contributed by atoms with Crippen LogP contribution in [0.1, 0.15) is 17.3 Å². The number of hydrogen-bond donors (Lipinski definition) is 2. The van der Waals surface area contributed by atoms with Gasteiger partial charge in [-0.3, -0.25) is 4.79 Å². The van der Waals surface area contributed by atoms with E-state index in [0.717, 1.165) is 0 Å². The smallest absolute Gasteiger partial charge is 0.481 e. The summed E-state index contributed by atoms with van der Waals surface area (Å²) in [7, 11) is 0. The van der Waals surface area contributed by atoms with E-state index in [0.29, 0.717) is 11.3 Å². The number of carbonyl (C=O) groups excluding carboxylic acids is 2. The molecule has 0 bridgehead atoms. The van der Waals surface area contributed by atoms with Crippen molar-refractivity contribution in [3.63, 3.8) is 0 Å². The van der Waals surface area contributed by atoms with E-state index in [4.69, 9.17) is 26.4 Å². The second kappa shape index (κ2) is 9.62. The predicted molar refractivity (Wildman–Crippen MR) is 97.8 cm³/mol. The van der Waals surface area contributed by atoms with E-state index in [9.17, 15) is 19.5 Å². The van der Waals surface area contributed by atoms with Crippen LogP contribution in [-0.4, -0.2) is 59.9 Å². The highest BCUT2D eigenvalue weighted by atomic mass is 32.1. The summed E-state index contributed by atoms with van der Waals surface area (Å²) in [6.45, 7) is 0.930. The number of aliphatic carboxylic acids is 1. The fraction of sp³-hybridized carbons (Fsp3) is 0.353. The van der Waals surface area contributed by atoms with Crippen LogP contribution >= 0.6 is 12.2 Å². The number of carboxylic acids is 1. The first-order chi connectivity index (χ1) is 12.9. The molecule has 1 aromatic carbocycles. The van der Waals surface area contributed by atoms with Crippen LogP contribution in [0.25, 0.3) is 0 Å². The average Bonchev–Trinajstić information content (AvgIpc) is 2.63. The summed E-state index contributed by atoms with van der Waals surface area (Å²) < 4.78 is 14.7. The molecule has 0 amide bonds. The van der Waals surface area contributed by atoms with Crippen LogP contribution in [0.3, 0.4) is 0 Å². The van der Waals surface area contributed by atoms with Gasteiger partial charge in [-0.05, 0) is 31.3 Å². The Morgan fingerprint density at radius 1 is 1.15 bits per heavy atom. The molecule has 10 heteroatoms. The van der Waals surface area contributed by atoms with Crippen LogP contribution < -0.4 is 5.32 Å². The molecule has 1 aliphatic heterocycles. The van der Waals surface area contributed by atoms with E-state index in [1.165, 1.54) is 0 Å². The molecule has 2 N–H and O–H groups in total. The predicted octanol–water partition coefficient (Wildman–Crippen LogP) is 1.42. The number of hydrogen-bond acceptors (Lipinski definition) is 7. The summed E-state index contributed by atoms with van der Waals surface area (Å²) in [5.74, 6) is -2.62. The van der Waals surface area contributed by atoms with Gasteiger partial charge in [0.15, 0.2) is 5.11 Å². The van der Waals surface area contributed by atoms with Gasteiger partial charge in [0, 0.05) is 5.71 Å². The quantitative estimate of drug-likeness (QED) is 0.401. The lowest BCUT2D eigenvalue weighted by Gasteiger charge is -2.28. The van der Waals surface area contributed by atoms with Crippen molar-refractivity contribution in [1.29, 1.82) is 0 Å². The lowest BCUT2D eigenvalue weighted by atomic mass is 9.94. The van der Waals surface area contributed by atoms with E-state index in [2.05, 4.69) is 10.3 Å². The highest BCUT2D eigenvalue weighted by Crippen LogP contribution is 2.14. The SMILES string of the molecule is CC1=NC(=S)NC(COC(=O)OCCOC(=O)c2ccccc2)C1C(=O)O. The minimum absolute atomic E-state index is 0.125. The van der Waals surface area contributed by atoms with Crippen LogP contribution in [0.2, 0.25) is 0 Å². The third-order valence-electron chi connectivity index (χ3n) is 3.63. The molecule has 2 atom stereocenters. The van der Waals surface area contributed by atoms with Crippen LogP contribution in [-0.2, 0) is 19.0 Å². The summed E-state index contributed by atoms with van der Waals surface area (Å²) in [6, 6.07) is 7.62. The zero-order valence-corrected chi connectivity index (χ0v) is 15.2. The van der Waals surface area contributed by atoms with Crippen LogP contribution in [0.4, 0.5) is 4.79 Å². The molecule has 9 nitrogen and oxygen atoms in total. The summed E-state index contributed by atoms with van der Waals surface area (Å²) in [5, 5.41) is 12.1. The van der Waals surface area contributed by atoms with Gasteiger partial charge in [-0.1, -0.05) is 18.2 Å². The zero-order valence-electron chi connectivity index (χ0n) is 14.4. The van der Waals surface area contributed by atoms with Crippen LogP contribution in [0, 0.1) is 5.92 Å². The van der Waals surface area contributed by atoms with E-state index in [-0.39, 0.29) is 24.9 Å². The van der Waals surface area contributed by atoms with Crippen LogP contribution in [0.15, 0.2) is 35.3 Å². The average molecular weight is 394 g/mol. The molecule has 0 aliphatic carbocycles. The molecule has 1 heterocycles. The molecule has 27 heavy (non-hydrogen) atoms. The molecule has 0 saturated carbocycles. The number of nitrogens with one attached hydrogen (secondary N) is 1. The monoisotopic (exact) mass is 394 g/mol. The minimum Gasteiger partial charge on any atom is -0.481 e. The third-order valence-corrected chi connectivity index (χ3v) is 3.84. The maximum Gasteiger partial charge on any atom is 0.508 e. The van der Waals surface area contributed by atoms with Gasteiger partial charge in [0.05, 0.1) is 11.6 Å². The summed E-state index contributed by atoms with van der Waals surface area (Å²) in [6.07, 6.45) is -1.01. The lowest BCUT2D eigenvalue weighted by molar-refractivity contribution is -0.140. The number of esters is 1. The van der Waals surface area contributed by atoms with Crippen molar-refractivity contribution in [2.75, 3.05) is 19.8 Å².